The Morgan fingerprint density at radius 2 is 1.24 bits per heavy atom. The number of ketones is 1. The monoisotopic (exact) mass is 440 g/mol. The highest BCUT2D eigenvalue weighted by Crippen LogP contribution is 2.33. The fourth-order valence-corrected chi connectivity index (χ4v) is 4.19. The van der Waals surface area contributed by atoms with Crippen molar-refractivity contribution in [3.63, 3.8) is 0 Å². The Balaban J connectivity index is 1.52. The fourth-order valence-electron chi connectivity index (χ4n) is 4.19. The van der Waals surface area contributed by atoms with E-state index in [0.717, 1.165) is 6.42 Å². The van der Waals surface area contributed by atoms with E-state index in [1.165, 1.54) is 15.6 Å². The second-order valence-corrected chi connectivity index (χ2v) is 8.78. The third kappa shape index (κ3) is 4.87. The van der Waals surface area contributed by atoms with Crippen molar-refractivity contribution in [1.29, 1.82) is 0 Å². The van der Waals surface area contributed by atoms with Gasteiger partial charge in [-0.3, -0.25) is 14.4 Å². The highest BCUT2D eigenvalue weighted by Gasteiger charge is 2.46. The minimum Gasteiger partial charge on any atom is -0.294 e. The van der Waals surface area contributed by atoms with Crippen LogP contribution in [0.5, 0.6) is 0 Å². The smallest absolute Gasteiger partial charge is 0.258 e. The Bertz CT molecular complexity index is 1070. The van der Waals surface area contributed by atoms with Gasteiger partial charge < -0.3 is 0 Å². The highest BCUT2D eigenvalue weighted by molar-refractivity contribution is 6.23. The molecule has 1 saturated heterocycles. The van der Waals surface area contributed by atoms with Crippen molar-refractivity contribution >= 4 is 29.0 Å². The number of anilines is 2. The first-order chi connectivity index (χ1) is 16.0. The number of rotatable bonds is 8. The molecule has 0 spiro atoms. The molecular formula is C28H28N2O3. The second kappa shape index (κ2) is 9.82. The summed E-state index contributed by atoms with van der Waals surface area (Å²) >= 11 is 0. The molecule has 5 heteroatoms. The first-order valence-corrected chi connectivity index (χ1v) is 11.4. The molecule has 0 unspecified atom stereocenters. The van der Waals surface area contributed by atoms with Crippen LogP contribution in [0.15, 0.2) is 84.9 Å². The van der Waals surface area contributed by atoms with E-state index in [1.807, 2.05) is 60.7 Å². The number of amides is 2. The number of para-hydroxylation sites is 2. The number of nitrogens with zero attached hydrogens (tertiary/aromatic N) is 2. The summed E-state index contributed by atoms with van der Waals surface area (Å²) < 4.78 is 0. The molecule has 0 radical (unpaired) electrons. The lowest BCUT2D eigenvalue weighted by Crippen LogP contribution is -2.41. The largest absolute Gasteiger partial charge is 0.294 e. The van der Waals surface area contributed by atoms with Crippen LogP contribution in [0.25, 0.3) is 0 Å². The zero-order chi connectivity index (χ0) is 23.4. The summed E-state index contributed by atoms with van der Waals surface area (Å²) in [5, 5.41) is 2.85. The lowest BCUT2D eigenvalue weighted by molar-refractivity contribution is -0.127. The van der Waals surface area contributed by atoms with E-state index in [2.05, 4.69) is 13.8 Å². The van der Waals surface area contributed by atoms with Gasteiger partial charge in [-0.15, -0.1) is 0 Å². The normalized spacial score (nSPS) is 14.4. The Labute approximate surface area is 194 Å². The van der Waals surface area contributed by atoms with E-state index < -0.39 is 5.92 Å². The minimum atomic E-state index is -0.894. The van der Waals surface area contributed by atoms with Crippen molar-refractivity contribution in [2.24, 2.45) is 11.8 Å². The van der Waals surface area contributed by atoms with E-state index >= 15 is 0 Å². The number of carbonyl (C=O) groups is 3. The van der Waals surface area contributed by atoms with Gasteiger partial charge in [-0.05, 0) is 48.6 Å². The molecule has 1 aliphatic rings. The van der Waals surface area contributed by atoms with Crippen LogP contribution in [0.1, 0.15) is 42.6 Å². The molecule has 5 nitrogen and oxygen atoms in total. The molecule has 4 rings (SSSR count). The maximum absolute atomic E-state index is 13.3. The second-order valence-electron chi connectivity index (χ2n) is 8.78. The van der Waals surface area contributed by atoms with Gasteiger partial charge in [-0.2, -0.15) is 0 Å². The van der Waals surface area contributed by atoms with E-state index in [1.54, 1.807) is 24.3 Å². The summed E-state index contributed by atoms with van der Waals surface area (Å²) in [7, 11) is 0. The number of hydrogen-bond acceptors (Lipinski definition) is 3. The number of hydrazine groups is 1. The van der Waals surface area contributed by atoms with Gasteiger partial charge in [-0.25, -0.2) is 10.0 Å². The summed E-state index contributed by atoms with van der Waals surface area (Å²) in [6, 6.07) is 25.9. The molecule has 0 aliphatic carbocycles. The van der Waals surface area contributed by atoms with Crippen molar-refractivity contribution in [3.05, 3.63) is 96.1 Å². The van der Waals surface area contributed by atoms with Crippen molar-refractivity contribution in [3.8, 4) is 0 Å². The maximum atomic E-state index is 13.3. The van der Waals surface area contributed by atoms with Crippen LogP contribution in [0.3, 0.4) is 0 Å². The molecule has 3 aromatic rings. The fraction of sp³-hybridized carbons (Fsp3) is 0.250. The standard InChI is InChI=1S/C28H28N2O3/c1-20(2)19-21-13-15-22(16-14-21)26(31)18-17-25-27(32)29(23-9-5-3-6-10-23)30(28(25)33)24-11-7-4-8-12-24/h3-16,20,25H,17-19H2,1-2H3. The predicted molar refractivity (Wildman–Crippen MR) is 130 cm³/mol. The average Bonchev–Trinajstić information content (AvgIpc) is 3.08. The quantitative estimate of drug-likeness (QED) is 0.345. The van der Waals surface area contributed by atoms with Gasteiger partial charge >= 0.3 is 0 Å². The molecule has 0 atom stereocenters. The molecule has 2 amide bonds. The minimum absolute atomic E-state index is 0.0591. The molecule has 0 bridgehead atoms. The van der Waals surface area contributed by atoms with E-state index in [0.29, 0.717) is 22.9 Å². The summed E-state index contributed by atoms with van der Waals surface area (Å²) in [6.07, 6.45) is 1.28. The predicted octanol–water partition coefficient (Wildman–Crippen LogP) is 5.46. The molecule has 0 N–H and O–H groups in total. The van der Waals surface area contributed by atoms with Gasteiger partial charge in [0.15, 0.2) is 5.78 Å². The van der Waals surface area contributed by atoms with Crippen LogP contribution in [0.4, 0.5) is 11.4 Å². The zero-order valence-electron chi connectivity index (χ0n) is 19.0. The molecule has 33 heavy (non-hydrogen) atoms. The van der Waals surface area contributed by atoms with Crippen molar-refractivity contribution in [1.82, 2.24) is 0 Å². The van der Waals surface area contributed by atoms with Gasteiger partial charge in [-0.1, -0.05) is 74.5 Å². The van der Waals surface area contributed by atoms with E-state index in [4.69, 9.17) is 0 Å². The summed E-state index contributed by atoms with van der Waals surface area (Å²) in [5.41, 5.74) is 3.04. The van der Waals surface area contributed by atoms with Crippen LogP contribution < -0.4 is 10.0 Å². The van der Waals surface area contributed by atoms with Gasteiger partial charge in [0.05, 0.1) is 11.4 Å². The molecule has 3 aromatic carbocycles. The Hall–Kier alpha value is -3.73. The lowest BCUT2D eigenvalue weighted by Gasteiger charge is -2.27. The van der Waals surface area contributed by atoms with Crippen molar-refractivity contribution in [2.45, 2.75) is 33.1 Å². The number of benzene rings is 3. The molecular weight excluding hydrogens is 412 g/mol. The highest BCUT2D eigenvalue weighted by atomic mass is 16.2. The third-order valence-electron chi connectivity index (χ3n) is 5.80. The van der Waals surface area contributed by atoms with Crippen molar-refractivity contribution in [2.75, 3.05) is 10.0 Å². The lowest BCUT2D eigenvalue weighted by atomic mass is 9.96. The number of Topliss-reactive ketones (excluding diaryl/α,β-unsaturated/α-hetero) is 1. The van der Waals surface area contributed by atoms with E-state index in [-0.39, 0.29) is 30.4 Å². The van der Waals surface area contributed by atoms with Gasteiger partial charge in [0, 0.05) is 12.0 Å². The SMILES string of the molecule is CC(C)Cc1ccc(C(=O)CCC2C(=O)N(c3ccccc3)N(c3ccccc3)C2=O)cc1. The Morgan fingerprint density at radius 1 is 0.758 bits per heavy atom. The van der Waals surface area contributed by atoms with Crippen LogP contribution in [-0.4, -0.2) is 17.6 Å². The van der Waals surface area contributed by atoms with E-state index in [9.17, 15) is 14.4 Å². The topological polar surface area (TPSA) is 57.7 Å². The van der Waals surface area contributed by atoms with Crippen molar-refractivity contribution < 1.29 is 14.4 Å². The maximum Gasteiger partial charge on any atom is 0.258 e. The number of hydrogen-bond donors (Lipinski definition) is 0. The first-order valence-electron chi connectivity index (χ1n) is 11.4. The van der Waals surface area contributed by atoms with Gasteiger partial charge in [0.2, 0.25) is 0 Å². The molecule has 168 valence electrons. The summed E-state index contributed by atoms with van der Waals surface area (Å²) in [5.74, 6) is -1.03. The van der Waals surface area contributed by atoms with Crippen LogP contribution >= 0.6 is 0 Å². The first kappa shape index (κ1) is 22.5. The molecule has 0 saturated carbocycles. The third-order valence-corrected chi connectivity index (χ3v) is 5.80. The Morgan fingerprint density at radius 3 is 1.70 bits per heavy atom. The van der Waals surface area contributed by atoms with Gasteiger partial charge in [0.1, 0.15) is 5.92 Å². The molecule has 0 aromatic heterocycles. The summed E-state index contributed by atoms with van der Waals surface area (Å²) in [6.45, 7) is 4.32. The number of carbonyl (C=O) groups excluding carboxylic acids is 3. The Kier molecular flexibility index (Phi) is 6.68. The van der Waals surface area contributed by atoms with Crippen LogP contribution in [0.2, 0.25) is 0 Å². The average molecular weight is 441 g/mol. The molecule has 1 heterocycles. The zero-order valence-corrected chi connectivity index (χ0v) is 19.0. The molecule has 1 aliphatic heterocycles. The molecule has 1 fully saturated rings. The van der Waals surface area contributed by atoms with Gasteiger partial charge in [0.25, 0.3) is 11.8 Å². The van der Waals surface area contributed by atoms with Crippen LogP contribution in [0, 0.1) is 11.8 Å². The summed E-state index contributed by atoms with van der Waals surface area (Å²) in [4.78, 5) is 39.5. The van der Waals surface area contributed by atoms with Crippen LogP contribution in [-0.2, 0) is 16.0 Å².